The third kappa shape index (κ3) is 4.38. The zero-order valence-electron chi connectivity index (χ0n) is 14.5. The van der Waals surface area contributed by atoms with E-state index in [1.54, 1.807) is 32.4 Å². The van der Waals surface area contributed by atoms with E-state index in [4.69, 9.17) is 18.7 Å². The molecule has 0 saturated heterocycles. The van der Waals surface area contributed by atoms with Crippen molar-refractivity contribution in [2.75, 3.05) is 14.2 Å². The maximum absolute atomic E-state index is 12.0. The zero-order valence-corrected chi connectivity index (χ0v) is 14.5. The molecule has 0 atom stereocenters. The Morgan fingerprint density at radius 3 is 2.54 bits per heavy atom. The summed E-state index contributed by atoms with van der Waals surface area (Å²) < 4.78 is 20.6. The van der Waals surface area contributed by atoms with Crippen LogP contribution in [-0.2, 0) is 22.6 Å². The molecule has 0 aliphatic rings. The summed E-state index contributed by atoms with van der Waals surface area (Å²) >= 11 is 0. The highest BCUT2D eigenvalue weighted by Gasteiger charge is 2.12. The Balaban J connectivity index is 1.56. The third-order valence-electron chi connectivity index (χ3n) is 3.66. The molecular formula is C19H18N2O5. The molecule has 0 spiro atoms. The average molecular weight is 354 g/mol. The topological polar surface area (TPSA) is 83.7 Å². The van der Waals surface area contributed by atoms with Gasteiger partial charge in [0, 0.05) is 5.56 Å². The van der Waals surface area contributed by atoms with Crippen LogP contribution in [0.5, 0.6) is 11.5 Å². The van der Waals surface area contributed by atoms with Crippen molar-refractivity contribution in [2.24, 2.45) is 0 Å². The van der Waals surface area contributed by atoms with Crippen molar-refractivity contribution in [3.8, 4) is 22.9 Å². The minimum absolute atomic E-state index is 0.0774. The van der Waals surface area contributed by atoms with Crippen LogP contribution >= 0.6 is 0 Å². The van der Waals surface area contributed by atoms with Crippen molar-refractivity contribution in [3.05, 3.63) is 60.0 Å². The number of esters is 1. The van der Waals surface area contributed by atoms with E-state index >= 15 is 0 Å². The summed E-state index contributed by atoms with van der Waals surface area (Å²) in [7, 11) is 3.18. The number of hydrogen-bond acceptors (Lipinski definition) is 7. The molecule has 0 unspecified atom stereocenters. The Bertz CT molecular complexity index is 874. The number of carbonyl (C=O) groups is 1. The van der Waals surface area contributed by atoms with E-state index in [-0.39, 0.29) is 24.9 Å². The van der Waals surface area contributed by atoms with E-state index in [1.165, 1.54) is 0 Å². The van der Waals surface area contributed by atoms with E-state index in [2.05, 4.69) is 10.1 Å². The van der Waals surface area contributed by atoms with Gasteiger partial charge in [0.05, 0.1) is 20.6 Å². The first-order chi connectivity index (χ1) is 12.7. The van der Waals surface area contributed by atoms with Gasteiger partial charge in [0.15, 0.2) is 6.61 Å². The Morgan fingerprint density at radius 1 is 1.04 bits per heavy atom. The van der Waals surface area contributed by atoms with Crippen LogP contribution in [0.15, 0.2) is 53.1 Å². The molecule has 3 aromatic rings. The summed E-state index contributed by atoms with van der Waals surface area (Å²) in [4.78, 5) is 16.2. The lowest BCUT2D eigenvalue weighted by atomic mass is 10.1. The highest BCUT2D eigenvalue weighted by molar-refractivity contribution is 5.72. The van der Waals surface area contributed by atoms with Crippen LogP contribution in [0.2, 0.25) is 0 Å². The van der Waals surface area contributed by atoms with Crippen LogP contribution in [0.4, 0.5) is 0 Å². The molecule has 0 radical (unpaired) electrons. The number of carbonyl (C=O) groups excluding carboxylic acids is 1. The normalized spacial score (nSPS) is 10.4. The van der Waals surface area contributed by atoms with Crippen molar-refractivity contribution < 1.29 is 23.5 Å². The number of nitrogens with zero attached hydrogens (tertiary/aromatic N) is 2. The van der Waals surface area contributed by atoms with Crippen molar-refractivity contribution >= 4 is 5.97 Å². The number of methoxy groups -OCH3 is 2. The number of ether oxygens (including phenoxy) is 3. The monoisotopic (exact) mass is 354 g/mol. The van der Waals surface area contributed by atoms with Gasteiger partial charge in [-0.25, -0.2) is 0 Å². The molecule has 0 N–H and O–H groups in total. The van der Waals surface area contributed by atoms with Gasteiger partial charge in [-0.05, 0) is 42.0 Å². The van der Waals surface area contributed by atoms with E-state index in [1.807, 2.05) is 30.3 Å². The predicted molar refractivity (Wildman–Crippen MR) is 92.8 cm³/mol. The van der Waals surface area contributed by atoms with Gasteiger partial charge in [-0.2, -0.15) is 4.98 Å². The molecule has 0 amide bonds. The molecule has 0 aliphatic carbocycles. The van der Waals surface area contributed by atoms with E-state index in [9.17, 15) is 4.79 Å². The largest absolute Gasteiger partial charge is 0.497 e. The van der Waals surface area contributed by atoms with Crippen molar-refractivity contribution in [2.45, 2.75) is 13.0 Å². The lowest BCUT2D eigenvalue weighted by molar-refractivity contribution is -0.144. The van der Waals surface area contributed by atoms with Gasteiger partial charge in [0.25, 0.3) is 5.89 Å². The molecule has 26 heavy (non-hydrogen) atoms. The van der Waals surface area contributed by atoms with Gasteiger partial charge in [-0.3, -0.25) is 4.79 Å². The first-order valence-electron chi connectivity index (χ1n) is 7.93. The summed E-state index contributed by atoms with van der Waals surface area (Å²) in [5.74, 6) is 1.70. The molecule has 7 nitrogen and oxygen atoms in total. The highest BCUT2D eigenvalue weighted by atomic mass is 16.6. The Labute approximate surface area is 150 Å². The minimum atomic E-state index is -0.387. The zero-order chi connectivity index (χ0) is 18.4. The molecule has 1 aromatic heterocycles. The molecule has 0 saturated carbocycles. The second-order valence-corrected chi connectivity index (χ2v) is 5.43. The lowest BCUT2D eigenvalue weighted by Gasteiger charge is -2.04. The number of rotatable bonds is 7. The summed E-state index contributed by atoms with van der Waals surface area (Å²) in [5, 5.41) is 3.89. The van der Waals surface area contributed by atoms with Crippen LogP contribution in [0.3, 0.4) is 0 Å². The van der Waals surface area contributed by atoms with Crippen molar-refractivity contribution in [1.29, 1.82) is 0 Å². The molecule has 1 heterocycles. The predicted octanol–water partition coefficient (Wildman–Crippen LogP) is 3.04. The third-order valence-corrected chi connectivity index (χ3v) is 3.66. The van der Waals surface area contributed by atoms with Gasteiger partial charge in [-0.15, -0.1) is 0 Å². The minimum Gasteiger partial charge on any atom is -0.497 e. The van der Waals surface area contributed by atoms with Gasteiger partial charge >= 0.3 is 5.97 Å². The van der Waals surface area contributed by atoms with Gasteiger partial charge in [0.1, 0.15) is 11.5 Å². The van der Waals surface area contributed by atoms with Crippen molar-refractivity contribution in [3.63, 3.8) is 0 Å². The molecule has 7 heteroatoms. The van der Waals surface area contributed by atoms with Crippen molar-refractivity contribution in [1.82, 2.24) is 10.1 Å². The van der Waals surface area contributed by atoms with E-state index in [0.29, 0.717) is 11.6 Å². The van der Waals surface area contributed by atoms with Gasteiger partial charge in [0.2, 0.25) is 5.82 Å². The van der Waals surface area contributed by atoms with Crippen LogP contribution in [0.25, 0.3) is 11.4 Å². The highest BCUT2D eigenvalue weighted by Crippen LogP contribution is 2.20. The molecule has 134 valence electrons. The smallest absolute Gasteiger partial charge is 0.310 e. The first kappa shape index (κ1) is 17.5. The molecule has 3 rings (SSSR count). The Hall–Kier alpha value is -3.35. The summed E-state index contributed by atoms with van der Waals surface area (Å²) in [6, 6.07) is 14.5. The Kier molecular flexibility index (Phi) is 5.48. The lowest BCUT2D eigenvalue weighted by Crippen LogP contribution is -2.08. The maximum atomic E-state index is 12.0. The second kappa shape index (κ2) is 8.15. The fourth-order valence-electron chi connectivity index (χ4n) is 2.31. The molecule has 0 fully saturated rings. The fraction of sp³-hybridized carbons (Fsp3) is 0.211. The summed E-state index contributed by atoms with van der Waals surface area (Å²) in [6.45, 7) is -0.0774. The summed E-state index contributed by atoms with van der Waals surface area (Å²) in [6.07, 6.45) is 0.136. The molecule has 2 aromatic carbocycles. The van der Waals surface area contributed by atoms with Gasteiger partial charge in [-0.1, -0.05) is 17.3 Å². The fourth-order valence-corrected chi connectivity index (χ4v) is 2.31. The van der Waals surface area contributed by atoms with E-state index in [0.717, 1.165) is 16.9 Å². The number of hydrogen-bond donors (Lipinski definition) is 0. The average Bonchev–Trinajstić information content (AvgIpc) is 3.15. The molecule has 0 bridgehead atoms. The van der Waals surface area contributed by atoms with Crippen LogP contribution in [0, 0.1) is 0 Å². The van der Waals surface area contributed by atoms with Crippen LogP contribution < -0.4 is 9.47 Å². The molecule has 0 aliphatic heterocycles. The summed E-state index contributed by atoms with van der Waals surface area (Å²) in [5.41, 5.74) is 1.59. The van der Waals surface area contributed by atoms with Crippen LogP contribution in [0.1, 0.15) is 11.5 Å². The Morgan fingerprint density at radius 2 is 1.81 bits per heavy atom. The second-order valence-electron chi connectivity index (χ2n) is 5.43. The quantitative estimate of drug-likeness (QED) is 0.603. The standard InChI is InChI=1S/C19H18N2O5/c1-23-15-8-6-14(7-9-15)19-20-17(26-21-19)12-25-18(22)11-13-4-3-5-16(10-13)24-2/h3-10H,11-12H2,1-2H3. The first-order valence-corrected chi connectivity index (χ1v) is 7.93. The van der Waals surface area contributed by atoms with Crippen LogP contribution in [-0.4, -0.2) is 30.3 Å². The maximum Gasteiger partial charge on any atom is 0.310 e. The molecular weight excluding hydrogens is 336 g/mol. The number of benzene rings is 2. The van der Waals surface area contributed by atoms with E-state index < -0.39 is 0 Å². The SMILES string of the molecule is COc1ccc(-c2noc(COC(=O)Cc3cccc(OC)c3)n2)cc1. The number of aromatic nitrogens is 2. The van der Waals surface area contributed by atoms with Gasteiger partial charge < -0.3 is 18.7 Å².